The third-order valence-corrected chi connectivity index (χ3v) is 3.59. The Balaban J connectivity index is 4.10. The van der Waals surface area contributed by atoms with E-state index in [4.69, 9.17) is 5.73 Å². The summed E-state index contributed by atoms with van der Waals surface area (Å²) in [7, 11) is 0. The zero-order valence-corrected chi connectivity index (χ0v) is 10.9. The van der Waals surface area contributed by atoms with Crippen molar-refractivity contribution in [3.8, 4) is 0 Å². The van der Waals surface area contributed by atoms with E-state index in [1.807, 2.05) is 0 Å². The molecular weight excluding hydrogens is 170 g/mol. The molecule has 2 atom stereocenters. The van der Waals surface area contributed by atoms with Crippen LogP contribution in [0.25, 0.3) is 0 Å². The Morgan fingerprint density at radius 2 is 1.50 bits per heavy atom. The van der Waals surface area contributed by atoms with Gasteiger partial charge in [-0.25, -0.2) is 0 Å². The van der Waals surface area contributed by atoms with Crippen LogP contribution in [0.2, 0.25) is 0 Å². The Morgan fingerprint density at radius 1 is 1.07 bits per heavy atom. The molecule has 0 aliphatic carbocycles. The van der Waals surface area contributed by atoms with Gasteiger partial charge in [-0.05, 0) is 23.7 Å². The van der Waals surface area contributed by atoms with Crippen molar-refractivity contribution >= 4 is 0 Å². The first kappa shape index (κ1) is 14.0. The molecule has 1 nitrogen and oxygen atoms in total. The smallest absolute Gasteiger partial charge is 0.00902 e. The van der Waals surface area contributed by atoms with Gasteiger partial charge in [-0.2, -0.15) is 0 Å². The van der Waals surface area contributed by atoms with E-state index in [0.717, 1.165) is 18.3 Å². The molecule has 0 saturated carbocycles. The average molecular weight is 199 g/mol. The Morgan fingerprint density at radius 3 is 1.79 bits per heavy atom. The summed E-state index contributed by atoms with van der Waals surface area (Å²) in [5, 5.41) is 0. The number of hydrogen-bond acceptors (Lipinski definition) is 1. The third kappa shape index (κ3) is 4.45. The normalized spacial score (nSPS) is 17.1. The summed E-state index contributed by atoms with van der Waals surface area (Å²) < 4.78 is 0. The number of hydrogen-bond donors (Lipinski definition) is 1. The molecule has 0 aromatic rings. The van der Waals surface area contributed by atoms with Gasteiger partial charge in [0.1, 0.15) is 0 Å². The second-order valence-electron chi connectivity index (χ2n) is 5.76. The summed E-state index contributed by atoms with van der Waals surface area (Å²) in [4.78, 5) is 0. The van der Waals surface area contributed by atoms with Crippen molar-refractivity contribution in [1.82, 2.24) is 0 Å². The van der Waals surface area contributed by atoms with Crippen LogP contribution in [0.3, 0.4) is 0 Å². The maximum Gasteiger partial charge on any atom is 0.00902 e. The van der Waals surface area contributed by atoms with Crippen LogP contribution in [0.15, 0.2) is 0 Å². The summed E-state index contributed by atoms with van der Waals surface area (Å²) in [5.74, 6) is 1.61. The van der Waals surface area contributed by atoms with Crippen molar-refractivity contribution < 1.29 is 0 Å². The Labute approximate surface area is 90.5 Å². The lowest BCUT2D eigenvalue weighted by molar-refractivity contribution is 0.228. The average Bonchev–Trinajstić information content (AvgIpc) is 2.04. The third-order valence-electron chi connectivity index (χ3n) is 3.59. The topological polar surface area (TPSA) is 26.0 Å². The van der Waals surface area contributed by atoms with Crippen molar-refractivity contribution in [2.24, 2.45) is 23.0 Å². The summed E-state index contributed by atoms with van der Waals surface area (Å²) in [6, 6.07) is 0.332. The van der Waals surface area contributed by atoms with Crippen molar-refractivity contribution in [3.63, 3.8) is 0 Å². The van der Waals surface area contributed by atoms with Crippen LogP contribution in [0.5, 0.6) is 0 Å². The van der Waals surface area contributed by atoms with Gasteiger partial charge in [0, 0.05) is 6.04 Å². The van der Waals surface area contributed by atoms with Gasteiger partial charge < -0.3 is 5.73 Å². The quantitative estimate of drug-likeness (QED) is 0.715. The molecule has 86 valence electrons. The number of rotatable bonds is 5. The van der Waals surface area contributed by atoms with Gasteiger partial charge in [-0.1, -0.05) is 54.4 Å². The van der Waals surface area contributed by atoms with Gasteiger partial charge in [-0.3, -0.25) is 0 Å². The molecule has 0 aliphatic heterocycles. The summed E-state index contributed by atoms with van der Waals surface area (Å²) >= 11 is 0. The molecule has 0 aromatic carbocycles. The van der Waals surface area contributed by atoms with E-state index >= 15 is 0 Å². The molecule has 0 amide bonds. The fraction of sp³-hybridized carbons (Fsp3) is 1.00. The van der Waals surface area contributed by atoms with Crippen molar-refractivity contribution in [3.05, 3.63) is 0 Å². The minimum absolute atomic E-state index is 0.250. The zero-order chi connectivity index (χ0) is 11.4. The van der Waals surface area contributed by atoms with E-state index in [2.05, 4.69) is 41.5 Å². The molecule has 2 unspecified atom stereocenters. The second-order valence-corrected chi connectivity index (χ2v) is 5.76. The lowest BCUT2D eigenvalue weighted by Gasteiger charge is -2.32. The van der Waals surface area contributed by atoms with Gasteiger partial charge in [0.05, 0.1) is 0 Å². The molecule has 0 rings (SSSR count). The van der Waals surface area contributed by atoms with E-state index in [9.17, 15) is 0 Å². The maximum absolute atomic E-state index is 6.20. The van der Waals surface area contributed by atoms with Gasteiger partial charge in [0.2, 0.25) is 0 Å². The van der Waals surface area contributed by atoms with Crippen LogP contribution in [0.4, 0.5) is 0 Å². The van der Waals surface area contributed by atoms with E-state index in [1.165, 1.54) is 12.8 Å². The molecule has 0 heterocycles. The fourth-order valence-electron chi connectivity index (χ4n) is 2.04. The van der Waals surface area contributed by atoms with Crippen LogP contribution in [-0.4, -0.2) is 6.04 Å². The lowest BCUT2D eigenvalue weighted by Crippen LogP contribution is -2.37. The fourth-order valence-corrected chi connectivity index (χ4v) is 2.04. The van der Waals surface area contributed by atoms with Crippen LogP contribution < -0.4 is 5.73 Å². The highest BCUT2D eigenvalue weighted by molar-refractivity contribution is 4.80. The summed E-state index contributed by atoms with van der Waals surface area (Å²) in [6.45, 7) is 13.6. The van der Waals surface area contributed by atoms with E-state index < -0.39 is 0 Å². The molecule has 0 fully saturated rings. The van der Waals surface area contributed by atoms with Gasteiger partial charge in [-0.15, -0.1) is 0 Å². The molecule has 0 saturated heterocycles. The highest BCUT2D eigenvalue weighted by Crippen LogP contribution is 2.28. The molecule has 0 radical (unpaired) electrons. The summed E-state index contributed by atoms with van der Waals surface area (Å²) in [5.41, 5.74) is 6.45. The maximum atomic E-state index is 6.20. The first-order valence-corrected chi connectivity index (χ1v) is 6.08. The van der Waals surface area contributed by atoms with Crippen LogP contribution >= 0.6 is 0 Å². The Bertz CT molecular complexity index is 142. The first-order chi connectivity index (χ1) is 6.32. The molecule has 0 bridgehead atoms. The monoisotopic (exact) mass is 199 g/mol. The Hall–Kier alpha value is -0.0400. The lowest BCUT2D eigenvalue weighted by atomic mass is 9.77. The highest BCUT2D eigenvalue weighted by atomic mass is 14.7. The van der Waals surface area contributed by atoms with E-state index in [1.54, 1.807) is 0 Å². The largest absolute Gasteiger partial charge is 0.327 e. The minimum atomic E-state index is 0.250. The second kappa shape index (κ2) is 5.75. The predicted octanol–water partition coefficient (Wildman–Crippen LogP) is 3.82. The zero-order valence-electron chi connectivity index (χ0n) is 10.9. The van der Waals surface area contributed by atoms with Gasteiger partial charge in [0.15, 0.2) is 0 Å². The molecule has 0 spiro atoms. The predicted molar refractivity (Wildman–Crippen MR) is 65.3 cm³/mol. The van der Waals surface area contributed by atoms with Gasteiger partial charge >= 0.3 is 0 Å². The van der Waals surface area contributed by atoms with Crippen molar-refractivity contribution in [2.45, 2.75) is 66.8 Å². The number of nitrogens with two attached hydrogens (primary N) is 1. The van der Waals surface area contributed by atoms with Crippen LogP contribution in [-0.2, 0) is 0 Å². The molecule has 0 aromatic heterocycles. The standard InChI is InChI=1S/C13H29N/c1-7-11(8-2)10(3)9-12(14)13(4,5)6/h10-12H,7-9,14H2,1-6H3. The van der Waals surface area contributed by atoms with Crippen molar-refractivity contribution in [1.29, 1.82) is 0 Å². The van der Waals surface area contributed by atoms with Gasteiger partial charge in [0.25, 0.3) is 0 Å². The molecule has 14 heavy (non-hydrogen) atoms. The molecular formula is C13H29N. The van der Waals surface area contributed by atoms with Crippen molar-refractivity contribution in [2.75, 3.05) is 0 Å². The van der Waals surface area contributed by atoms with Crippen LogP contribution in [0.1, 0.15) is 60.8 Å². The molecule has 0 aliphatic rings. The molecule has 1 heteroatoms. The van der Waals surface area contributed by atoms with E-state index in [-0.39, 0.29) is 5.41 Å². The minimum Gasteiger partial charge on any atom is -0.327 e. The SMILES string of the molecule is CCC(CC)C(C)CC(N)C(C)(C)C. The Kier molecular flexibility index (Phi) is 5.73. The molecule has 2 N–H and O–H groups in total. The summed E-state index contributed by atoms with van der Waals surface area (Å²) in [6.07, 6.45) is 3.74. The first-order valence-electron chi connectivity index (χ1n) is 6.08. The van der Waals surface area contributed by atoms with E-state index in [0.29, 0.717) is 6.04 Å². The van der Waals surface area contributed by atoms with Crippen LogP contribution in [0, 0.1) is 17.3 Å². The highest BCUT2D eigenvalue weighted by Gasteiger charge is 2.24.